The van der Waals surface area contributed by atoms with Crippen LogP contribution in [0.25, 0.3) is 10.9 Å². The third-order valence-corrected chi connectivity index (χ3v) is 7.08. The van der Waals surface area contributed by atoms with E-state index < -0.39 is 0 Å². The molecule has 1 aromatic carbocycles. The zero-order valence-corrected chi connectivity index (χ0v) is 18.2. The Bertz CT molecular complexity index is 957. The van der Waals surface area contributed by atoms with E-state index in [9.17, 15) is 9.59 Å². The van der Waals surface area contributed by atoms with Gasteiger partial charge in [-0.1, -0.05) is 31.0 Å². The van der Waals surface area contributed by atoms with Crippen LogP contribution in [-0.2, 0) is 4.79 Å². The third kappa shape index (κ3) is 4.59. The molecule has 2 saturated carbocycles. The van der Waals surface area contributed by atoms with Crippen LogP contribution in [0.2, 0.25) is 0 Å². The zero-order valence-electron chi connectivity index (χ0n) is 18.2. The van der Waals surface area contributed by atoms with Crippen LogP contribution < -0.4 is 5.32 Å². The van der Waals surface area contributed by atoms with Crippen molar-refractivity contribution in [3.63, 3.8) is 0 Å². The highest BCUT2D eigenvalue weighted by Crippen LogP contribution is 2.40. The number of fused-ring (bicyclic) bond motifs is 1. The predicted octanol–water partition coefficient (Wildman–Crippen LogP) is 3.18. The van der Waals surface area contributed by atoms with Crippen LogP contribution >= 0.6 is 0 Å². The first-order valence-electron chi connectivity index (χ1n) is 11.9. The van der Waals surface area contributed by atoms with E-state index in [0.29, 0.717) is 18.4 Å². The lowest BCUT2D eigenvalue weighted by atomic mass is 10.1. The maximum atomic E-state index is 13.0. The average Bonchev–Trinajstić information content (AvgIpc) is 3.52. The molecule has 0 atom stereocenters. The van der Waals surface area contributed by atoms with E-state index >= 15 is 0 Å². The van der Waals surface area contributed by atoms with Crippen molar-refractivity contribution in [1.82, 2.24) is 20.1 Å². The van der Waals surface area contributed by atoms with Crippen LogP contribution in [0.4, 0.5) is 0 Å². The Morgan fingerprint density at radius 3 is 2.48 bits per heavy atom. The van der Waals surface area contributed by atoms with Gasteiger partial charge in [0.1, 0.15) is 0 Å². The molecule has 0 spiro atoms. The van der Waals surface area contributed by atoms with Gasteiger partial charge < -0.3 is 10.2 Å². The Balaban J connectivity index is 1.14. The van der Waals surface area contributed by atoms with Crippen molar-refractivity contribution in [2.75, 3.05) is 39.3 Å². The van der Waals surface area contributed by atoms with Crippen molar-refractivity contribution in [3.8, 4) is 0 Å². The molecule has 1 saturated heterocycles. The molecule has 1 N–H and O–H groups in total. The van der Waals surface area contributed by atoms with Crippen molar-refractivity contribution >= 4 is 22.7 Å². The zero-order chi connectivity index (χ0) is 21.2. The molecule has 0 unspecified atom stereocenters. The highest BCUT2D eigenvalue weighted by Gasteiger charge is 2.29. The number of hydrogen-bond donors (Lipinski definition) is 1. The molecule has 0 bridgehead atoms. The normalized spacial score (nSPS) is 20.3. The highest BCUT2D eigenvalue weighted by molar-refractivity contribution is 6.06. The predicted molar refractivity (Wildman–Crippen MR) is 121 cm³/mol. The lowest BCUT2D eigenvalue weighted by Crippen LogP contribution is -2.51. The summed E-state index contributed by atoms with van der Waals surface area (Å²) in [6, 6.07) is 9.90. The van der Waals surface area contributed by atoms with E-state index in [1.165, 1.54) is 25.7 Å². The maximum Gasteiger partial charge on any atom is 0.252 e. The second-order valence-electron chi connectivity index (χ2n) is 9.29. The summed E-state index contributed by atoms with van der Waals surface area (Å²) >= 11 is 0. The van der Waals surface area contributed by atoms with Gasteiger partial charge in [-0.15, -0.1) is 0 Å². The molecule has 3 aliphatic rings. The van der Waals surface area contributed by atoms with Crippen molar-refractivity contribution in [3.05, 3.63) is 41.6 Å². The van der Waals surface area contributed by atoms with Gasteiger partial charge in [0.2, 0.25) is 5.91 Å². The second kappa shape index (κ2) is 8.95. The Morgan fingerprint density at radius 2 is 1.74 bits per heavy atom. The van der Waals surface area contributed by atoms with Gasteiger partial charge >= 0.3 is 0 Å². The molecule has 3 fully saturated rings. The van der Waals surface area contributed by atoms with Crippen molar-refractivity contribution in [1.29, 1.82) is 0 Å². The van der Waals surface area contributed by atoms with Crippen LogP contribution in [0.5, 0.6) is 0 Å². The Labute approximate surface area is 184 Å². The number of pyridine rings is 1. The van der Waals surface area contributed by atoms with Gasteiger partial charge in [-0.2, -0.15) is 0 Å². The Morgan fingerprint density at radius 1 is 1.00 bits per heavy atom. The fourth-order valence-electron chi connectivity index (χ4n) is 5.02. The molecule has 31 heavy (non-hydrogen) atoms. The second-order valence-corrected chi connectivity index (χ2v) is 9.29. The summed E-state index contributed by atoms with van der Waals surface area (Å²) in [4.78, 5) is 34.7. The summed E-state index contributed by atoms with van der Waals surface area (Å²) in [5.74, 6) is 1.12. The minimum absolute atomic E-state index is 0.0180. The first-order valence-corrected chi connectivity index (χ1v) is 11.9. The van der Waals surface area contributed by atoms with Crippen LogP contribution in [0.15, 0.2) is 30.3 Å². The summed E-state index contributed by atoms with van der Waals surface area (Å²) in [6.07, 6.45) is 6.87. The molecular formula is C25H32N4O2. The van der Waals surface area contributed by atoms with E-state index in [-0.39, 0.29) is 11.8 Å². The quantitative estimate of drug-likeness (QED) is 0.780. The number of carbonyl (C=O) groups is 2. The number of para-hydroxylation sites is 1. The maximum absolute atomic E-state index is 13.0. The number of rotatable bonds is 6. The van der Waals surface area contributed by atoms with Gasteiger partial charge in [0.05, 0.1) is 11.1 Å². The van der Waals surface area contributed by atoms with Gasteiger partial charge in [-0.25, -0.2) is 0 Å². The van der Waals surface area contributed by atoms with Gasteiger partial charge in [0.15, 0.2) is 0 Å². The summed E-state index contributed by atoms with van der Waals surface area (Å²) in [5.41, 5.74) is 2.69. The summed E-state index contributed by atoms with van der Waals surface area (Å²) in [7, 11) is 0. The monoisotopic (exact) mass is 420 g/mol. The number of benzene rings is 1. The number of nitrogens with one attached hydrogen (secondary N) is 1. The van der Waals surface area contributed by atoms with Crippen LogP contribution in [0.1, 0.15) is 60.5 Å². The molecule has 164 valence electrons. The van der Waals surface area contributed by atoms with Crippen molar-refractivity contribution in [2.24, 2.45) is 5.92 Å². The molecule has 2 amide bonds. The molecule has 5 rings (SSSR count). The van der Waals surface area contributed by atoms with Gasteiger partial charge in [0, 0.05) is 62.2 Å². The van der Waals surface area contributed by atoms with E-state index in [0.717, 1.165) is 67.7 Å². The average molecular weight is 421 g/mol. The lowest BCUT2D eigenvalue weighted by molar-refractivity contribution is -0.137. The standard InChI is InChI=1S/C25H32N4O2/c30-24(21-17-23(18-9-10-18)27-22-8-4-3-7-20(21)22)26-11-12-28-13-15-29(16-14-28)25(31)19-5-1-2-6-19/h3-4,7-8,17-19H,1-2,5-6,9-16H2,(H,26,30). The molecule has 2 aliphatic carbocycles. The molecule has 1 aliphatic heterocycles. The first kappa shape index (κ1) is 20.4. The number of aromatic nitrogens is 1. The number of amides is 2. The minimum atomic E-state index is -0.0180. The topological polar surface area (TPSA) is 65.5 Å². The molecule has 2 heterocycles. The van der Waals surface area contributed by atoms with Crippen LogP contribution in [0.3, 0.4) is 0 Å². The van der Waals surface area contributed by atoms with Crippen molar-refractivity contribution < 1.29 is 9.59 Å². The van der Waals surface area contributed by atoms with Gasteiger partial charge in [-0.3, -0.25) is 19.5 Å². The first-order chi connectivity index (χ1) is 15.2. The summed E-state index contributed by atoms with van der Waals surface area (Å²) in [6.45, 7) is 4.82. The number of hydrogen-bond acceptors (Lipinski definition) is 4. The van der Waals surface area contributed by atoms with E-state index in [4.69, 9.17) is 4.98 Å². The Kier molecular flexibility index (Phi) is 5.90. The SMILES string of the molecule is O=C(NCCN1CCN(C(=O)C2CCCC2)CC1)c1cc(C2CC2)nc2ccccc12. The summed E-state index contributed by atoms with van der Waals surface area (Å²) in [5, 5.41) is 4.03. The fraction of sp³-hybridized carbons (Fsp3) is 0.560. The lowest BCUT2D eigenvalue weighted by Gasteiger charge is -2.36. The number of piperazine rings is 1. The van der Waals surface area contributed by atoms with Crippen LogP contribution in [-0.4, -0.2) is 65.9 Å². The minimum Gasteiger partial charge on any atom is -0.351 e. The molecule has 1 aromatic heterocycles. The molecular weight excluding hydrogens is 388 g/mol. The number of nitrogens with zero attached hydrogens (tertiary/aromatic N) is 3. The molecule has 2 aromatic rings. The fourth-order valence-corrected chi connectivity index (χ4v) is 5.02. The van der Waals surface area contributed by atoms with E-state index in [2.05, 4.69) is 10.2 Å². The Hall–Kier alpha value is -2.47. The van der Waals surface area contributed by atoms with E-state index in [1.807, 2.05) is 35.2 Å². The van der Waals surface area contributed by atoms with E-state index in [1.54, 1.807) is 0 Å². The van der Waals surface area contributed by atoms with Gasteiger partial charge in [-0.05, 0) is 37.8 Å². The third-order valence-electron chi connectivity index (χ3n) is 7.08. The highest BCUT2D eigenvalue weighted by atomic mass is 16.2. The number of carbonyl (C=O) groups excluding carboxylic acids is 2. The largest absolute Gasteiger partial charge is 0.351 e. The van der Waals surface area contributed by atoms with Gasteiger partial charge in [0.25, 0.3) is 5.91 Å². The smallest absolute Gasteiger partial charge is 0.252 e. The summed E-state index contributed by atoms with van der Waals surface area (Å²) < 4.78 is 0. The van der Waals surface area contributed by atoms with Crippen LogP contribution in [0, 0.1) is 5.92 Å². The molecule has 6 heteroatoms. The molecule has 6 nitrogen and oxygen atoms in total. The van der Waals surface area contributed by atoms with Crippen molar-refractivity contribution in [2.45, 2.75) is 44.4 Å². The molecule has 0 radical (unpaired) electrons.